The van der Waals surface area contributed by atoms with Crippen molar-refractivity contribution in [2.24, 2.45) is 0 Å². The number of fused-ring (bicyclic) bond motifs is 10. The van der Waals surface area contributed by atoms with Gasteiger partial charge in [-0.05, 0) is 114 Å². The van der Waals surface area contributed by atoms with E-state index in [2.05, 4.69) is 254 Å². The molecule has 0 radical (unpaired) electrons. The maximum absolute atomic E-state index is 2.50. The van der Waals surface area contributed by atoms with Gasteiger partial charge in [0.1, 0.15) is 0 Å². The summed E-state index contributed by atoms with van der Waals surface area (Å²) in [5.41, 5.74) is 22.9. The molecule has 0 aromatic heterocycles. The molecule has 1 nitrogen and oxygen atoms in total. The third-order valence-corrected chi connectivity index (χ3v) is 13.1. The minimum absolute atomic E-state index is 0.458. The molecule has 0 saturated heterocycles. The van der Waals surface area contributed by atoms with Crippen molar-refractivity contribution >= 4 is 17.1 Å². The molecule has 1 spiro atoms. The molecule has 10 aromatic rings. The zero-order valence-corrected chi connectivity index (χ0v) is 34.1. The first-order valence-corrected chi connectivity index (χ1v) is 21.5. The van der Waals surface area contributed by atoms with E-state index in [1.165, 1.54) is 83.5 Å². The molecule has 0 saturated carbocycles. The summed E-state index contributed by atoms with van der Waals surface area (Å²) in [7, 11) is 0. The average Bonchev–Trinajstić information content (AvgIpc) is 3.82. The van der Waals surface area contributed by atoms with Crippen molar-refractivity contribution in [2.75, 3.05) is 4.90 Å². The van der Waals surface area contributed by atoms with Crippen LogP contribution in [-0.2, 0) is 5.41 Å². The lowest BCUT2D eigenvalue weighted by Crippen LogP contribution is -2.26. The lowest BCUT2D eigenvalue weighted by atomic mass is 9.70. The summed E-state index contributed by atoms with van der Waals surface area (Å²) in [6.07, 6.45) is 0. The van der Waals surface area contributed by atoms with Crippen LogP contribution in [0.3, 0.4) is 0 Å². The topological polar surface area (TPSA) is 3.24 Å². The van der Waals surface area contributed by atoms with Crippen molar-refractivity contribution in [3.8, 4) is 66.8 Å². The number of rotatable bonds is 7. The van der Waals surface area contributed by atoms with E-state index in [-0.39, 0.29) is 0 Å². The van der Waals surface area contributed by atoms with E-state index in [1.54, 1.807) is 0 Å². The molecule has 10 aromatic carbocycles. The van der Waals surface area contributed by atoms with Crippen LogP contribution in [0.5, 0.6) is 0 Å². The number of nitrogens with zero attached hydrogens (tertiary/aromatic N) is 1. The van der Waals surface area contributed by atoms with Gasteiger partial charge < -0.3 is 4.90 Å². The predicted molar refractivity (Wildman–Crippen MR) is 259 cm³/mol. The predicted octanol–water partition coefficient (Wildman–Crippen LogP) is 16.2. The van der Waals surface area contributed by atoms with E-state index in [0.29, 0.717) is 0 Å². The Morgan fingerprint density at radius 2 is 0.629 bits per heavy atom. The Labute approximate surface area is 363 Å². The average molecular weight is 788 g/mol. The summed E-state index contributed by atoms with van der Waals surface area (Å²) in [6, 6.07) is 91.5. The minimum Gasteiger partial charge on any atom is -0.310 e. The van der Waals surface area contributed by atoms with Crippen molar-refractivity contribution in [1.82, 2.24) is 0 Å². The Kier molecular flexibility index (Phi) is 8.47. The molecule has 0 heterocycles. The van der Waals surface area contributed by atoms with E-state index in [1.807, 2.05) is 0 Å². The quantitative estimate of drug-likeness (QED) is 0.155. The van der Waals surface area contributed by atoms with Gasteiger partial charge in [0.15, 0.2) is 0 Å². The molecule has 0 bridgehead atoms. The molecule has 0 unspecified atom stereocenters. The van der Waals surface area contributed by atoms with Crippen LogP contribution >= 0.6 is 0 Å². The molecular formula is C61H41N. The van der Waals surface area contributed by atoms with E-state index in [0.717, 1.165) is 22.6 Å². The third-order valence-electron chi connectivity index (χ3n) is 13.1. The highest BCUT2D eigenvalue weighted by Crippen LogP contribution is 2.63. The summed E-state index contributed by atoms with van der Waals surface area (Å²) >= 11 is 0. The zero-order chi connectivity index (χ0) is 41.0. The Morgan fingerprint density at radius 1 is 0.242 bits per heavy atom. The summed E-state index contributed by atoms with van der Waals surface area (Å²) in [5.74, 6) is 0. The first-order chi connectivity index (χ1) is 30.8. The molecule has 62 heavy (non-hydrogen) atoms. The van der Waals surface area contributed by atoms with Crippen LogP contribution in [0.15, 0.2) is 249 Å². The summed E-state index contributed by atoms with van der Waals surface area (Å²) in [5, 5.41) is 0. The van der Waals surface area contributed by atoms with Gasteiger partial charge >= 0.3 is 0 Å². The number of hydrogen-bond acceptors (Lipinski definition) is 1. The van der Waals surface area contributed by atoms with E-state index < -0.39 is 5.41 Å². The van der Waals surface area contributed by atoms with Crippen molar-refractivity contribution < 1.29 is 0 Å². The molecule has 0 atom stereocenters. The van der Waals surface area contributed by atoms with Crippen molar-refractivity contribution in [2.45, 2.75) is 5.41 Å². The van der Waals surface area contributed by atoms with Gasteiger partial charge in [-0.15, -0.1) is 0 Å². The van der Waals surface area contributed by atoms with Crippen molar-refractivity contribution in [3.63, 3.8) is 0 Å². The lowest BCUT2D eigenvalue weighted by Gasteiger charge is -2.33. The fraction of sp³-hybridized carbons (Fsp3) is 0.0164. The zero-order valence-electron chi connectivity index (χ0n) is 34.1. The maximum atomic E-state index is 2.50. The van der Waals surface area contributed by atoms with Crippen LogP contribution in [0, 0.1) is 0 Å². The van der Waals surface area contributed by atoms with Crippen LogP contribution in [0.4, 0.5) is 17.1 Å². The molecule has 0 aliphatic heterocycles. The van der Waals surface area contributed by atoms with Crippen molar-refractivity contribution in [1.29, 1.82) is 0 Å². The Hall–Kier alpha value is -8.00. The maximum Gasteiger partial charge on any atom is 0.0726 e. The van der Waals surface area contributed by atoms with Gasteiger partial charge in [0.05, 0.1) is 11.1 Å². The molecule has 0 amide bonds. The lowest BCUT2D eigenvalue weighted by molar-refractivity contribution is 0.793. The summed E-state index contributed by atoms with van der Waals surface area (Å²) in [6.45, 7) is 0. The monoisotopic (exact) mass is 787 g/mol. The Morgan fingerprint density at radius 3 is 1.16 bits per heavy atom. The smallest absolute Gasteiger partial charge is 0.0726 e. The van der Waals surface area contributed by atoms with Crippen LogP contribution in [0.1, 0.15) is 22.3 Å². The van der Waals surface area contributed by atoms with Gasteiger partial charge in [0.2, 0.25) is 0 Å². The van der Waals surface area contributed by atoms with E-state index in [4.69, 9.17) is 0 Å². The van der Waals surface area contributed by atoms with Crippen molar-refractivity contribution in [3.05, 3.63) is 271 Å². The summed E-state index contributed by atoms with van der Waals surface area (Å²) in [4.78, 5) is 2.49. The molecule has 12 rings (SSSR count). The van der Waals surface area contributed by atoms with Gasteiger partial charge in [-0.3, -0.25) is 0 Å². The largest absolute Gasteiger partial charge is 0.310 e. The van der Waals surface area contributed by atoms with Crippen LogP contribution in [0.2, 0.25) is 0 Å². The Balaban J connectivity index is 1.12. The molecule has 0 N–H and O–H groups in total. The standard InChI is InChI=1S/C61H41N/c1-4-17-42(18-5-1)44-31-33-47(34-32-44)60-50(46-21-8-3-9-22-46)26-16-30-59(60)62(48-37-35-45(36-38-48)43-19-6-2-7-20-43)49-39-40-54-53-25-12-15-29-57(53)61(58(54)41-49)55-27-13-10-23-51(55)52-24-11-14-28-56(52)61/h1-41H. The highest BCUT2D eigenvalue weighted by atomic mass is 15.1. The van der Waals surface area contributed by atoms with E-state index in [9.17, 15) is 0 Å². The first kappa shape index (κ1) is 35.9. The molecular weight excluding hydrogens is 747 g/mol. The minimum atomic E-state index is -0.458. The SMILES string of the molecule is c1ccc(-c2ccc(-c3c(-c4ccccc4)cccc3N(c3ccc(-c4ccccc4)cc3)c3ccc4c(c3)C3(c5ccccc5-c5ccccc53)c3ccccc3-4)cc2)cc1. The van der Waals surface area contributed by atoms with Gasteiger partial charge in [0, 0.05) is 16.9 Å². The molecule has 1 heteroatoms. The number of hydrogen-bond donors (Lipinski definition) is 0. The highest BCUT2D eigenvalue weighted by Gasteiger charge is 2.51. The van der Waals surface area contributed by atoms with Crippen LogP contribution < -0.4 is 4.90 Å². The fourth-order valence-corrected chi connectivity index (χ4v) is 10.4. The third kappa shape index (κ3) is 5.56. The first-order valence-electron chi connectivity index (χ1n) is 21.5. The van der Waals surface area contributed by atoms with Crippen LogP contribution in [0.25, 0.3) is 66.8 Å². The molecule has 2 aliphatic rings. The molecule has 290 valence electrons. The van der Waals surface area contributed by atoms with E-state index >= 15 is 0 Å². The van der Waals surface area contributed by atoms with Crippen LogP contribution in [-0.4, -0.2) is 0 Å². The fourth-order valence-electron chi connectivity index (χ4n) is 10.4. The molecule has 2 aliphatic carbocycles. The Bertz CT molecular complexity index is 3190. The van der Waals surface area contributed by atoms with Gasteiger partial charge in [-0.1, -0.05) is 218 Å². The highest BCUT2D eigenvalue weighted by molar-refractivity contribution is 6.00. The van der Waals surface area contributed by atoms with Gasteiger partial charge in [-0.2, -0.15) is 0 Å². The normalized spacial score (nSPS) is 12.6. The second-order valence-electron chi connectivity index (χ2n) is 16.4. The summed E-state index contributed by atoms with van der Waals surface area (Å²) < 4.78 is 0. The van der Waals surface area contributed by atoms with Gasteiger partial charge in [-0.25, -0.2) is 0 Å². The second-order valence-corrected chi connectivity index (χ2v) is 16.4. The number of benzene rings is 10. The molecule has 0 fully saturated rings. The second kappa shape index (κ2) is 14.6. The number of anilines is 3. The van der Waals surface area contributed by atoms with Gasteiger partial charge in [0.25, 0.3) is 0 Å².